The molecule has 0 aliphatic rings. The lowest BCUT2D eigenvalue weighted by Crippen LogP contribution is -2.30. The lowest BCUT2D eigenvalue weighted by atomic mass is 10.2. The van der Waals surface area contributed by atoms with Gasteiger partial charge in [-0.15, -0.1) is 0 Å². The second-order valence-corrected chi connectivity index (χ2v) is 7.67. The summed E-state index contributed by atoms with van der Waals surface area (Å²) in [7, 11) is -3.72. The van der Waals surface area contributed by atoms with E-state index in [-0.39, 0.29) is 18.0 Å². The van der Waals surface area contributed by atoms with Crippen LogP contribution >= 0.6 is 15.9 Å². The van der Waals surface area contributed by atoms with Crippen molar-refractivity contribution in [3.8, 4) is 0 Å². The minimum Gasteiger partial charge on any atom is -0.462 e. The Hall–Kier alpha value is -1.86. The molecule has 0 radical (unpaired) electrons. The highest BCUT2D eigenvalue weighted by molar-refractivity contribution is 9.10. The number of carbonyl (C=O) groups excluding carboxylic acids is 1. The fraction of sp³-hybridized carbons (Fsp3) is 0.235. The minimum absolute atomic E-state index is 0.189. The molecule has 0 saturated carbocycles. The van der Waals surface area contributed by atoms with Gasteiger partial charge in [-0.2, -0.15) is 0 Å². The second-order valence-electron chi connectivity index (χ2n) is 4.89. The number of hydrogen-bond acceptors (Lipinski definition) is 4. The minimum atomic E-state index is -3.72. The first-order valence-electron chi connectivity index (χ1n) is 7.45. The highest BCUT2D eigenvalue weighted by atomic mass is 79.9. The lowest BCUT2D eigenvalue weighted by Gasteiger charge is -2.23. The molecular weight excluding hydrogens is 394 g/mol. The third-order valence-corrected chi connectivity index (χ3v) is 5.78. The van der Waals surface area contributed by atoms with Gasteiger partial charge in [-0.1, -0.05) is 22.0 Å². The van der Waals surface area contributed by atoms with Crippen LogP contribution in [0.3, 0.4) is 0 Å². The first-order chi connectivity index (χ1) is 11.4. The molecule has 0 unspecified atom stereocenters. The second kappa shape index (κ2) is 7.81. The normalized spacial score (nSPS) is 11.1. The van der Waals surface area contributed by atoms with Gasteiger partial charge in [0.15, 0.2) is 0 Å². The van der Waals surface area contributed by atoms with Gasteiger partial charge in [0.1, 0.15) is 0 Å². The molecule has 24 heavy (non-hydrogen) atoms. The predicted molar refractivity (Wildman–Crippen MR) is 96.7 cm³/mol. The Bertz CT molecular complexity index is 819. The van der Waals surface area contributed by atoms with Crippen LogP contribution in [0.5, 0.6) is 0 Å². The van der Waals surface area contributed by atoms with E-state index >= 15 is 0 Å². The molecule has 0 aliphatic heterocycles. The van der Waals surface area contributed by atoms with Crippen molar-refractivity contribution in [2.75, 3.05) is 17.5 Å². The molecule has 0 heterocycles. The average Bonchev–Trinajstić information content (AvgIpc) is 2.56. The van der Waals surface area contributed by atoms with E-state index in [1.54, 1.807) is 44.2 Å². The standard InChI is InChI=1S/C17H18BrNO4S/c1-3-19(24(21,22)16-10-8-14(18)9-11-16)15-7-5-6-13(12-15)17(20)23-4-2/h5-12H,3-4H2,1-2H3. The molecule has 0 aromatic heterocycles. The van der Waals surface area contributed by atoms with Crippen LogP contribution in [-0.2, 0) is 14.8 Å². The van der Waals surface area contributed by atoms with Crippen molar-refractivity contribution in [3.63, 3.8) is 0 Å². The summed E-state index contributed by atoms with van der Waals surface area (Å²) in [5.74, 6) is -0.476. The zero-order chi connectivity index (χ0) is 17.7. The fourth-order valence-electron chi connectivity index (χ4n) is 2.23. The van der Waals surface area contributed by atoms with Crippen LogP contribution in [0.4, 0.5) is 5.69 Å². The Kier molecular flexibility index (Phi) is 6.01. The fourth-order valence-corrected chi connectivity index (χ4v) is 3.96. The summed E-state index contributed by atoms with van der Waals surface area (Å²) in [6.45, 7) is 3.97. The quantitative estimate of drug-likeness (QED) is 0.677. The number of anilines is 1. The van der Waals surface area contributed by atoms with Gasteiger partial charge in [0.2, 0.25) is 0 Å². The number of ether oxygens (including phenoxy) is 1. The largest absolute Gasteiger partial charge is 0.462 e. The van der Waals surface area contributed by atoms with Gasteiger partial charge >= 0.3 is 5.97 Å². The molecule has 0 bridgehead atoms. The molecular formula is C17H18BrNO4S. The maximum Gasteiger partial charge on any atom is 0.338 e. The van der Waals surface area contributed by atoms with Gasteiger partial charge in [-0.3, -0.25) is 4.31 Å². The Morgan fingerprint density at radius 3 is 2.38 bits per heavy atom. The molecule has 128 valence electrons. The summed E-state index contributed by atoms with van der Waals surface area (Å²) in [6, 6.07) is 12.9. The molecule has 0 N–H and O–H groups in total. The first kappa shape index (κ1) is 18.5. The smallest absolute Gasteiger partial charge is 0.338 e. The number of rotatable bonds is 6. The van der Waals surface area contributed by atoms with Gasteiger partial charge in [0.05, 0.1) is 22.8 Å². The molecule has 0 aliphatic carbocycles. The predicted octanol–water partition coefficient (Wildman–Crippen LogP) is 3.84. The zero-order valence-corrected chi connectivity index (χ0v) is 15.8. The van der Waals surface area contributed by atoms with Crippen molar-refractivity contribution in [3.05, 3.63) is 58.6 Å². The van der Waals surface area contributed by atoms with Crippen LogP contribution in [0.1, 0.15) is 24.2 Å². The van der Waals surface area contributed by atoms with E-state index < -0.39 is 16.0 Å². The van der Waals surface area contributed by atoms with Crippen molar-refractivity contribution in [1.82, 2.24) is 0 Å². The van der Waals surface area contributed by atoms with Crippen molar-refractivity contribution >= 4 is 37.6 Å². The number of nitrogens with zero attached hydrogens (tertiary/aromatic N) is 1. The monoisotopic (exact) mass is 411 g/mol. The molecule has 0 fully saturated rings. The summed E-state index contributed by atoms with van der Waals surface area (Å²) in [5.41, 5.74) is 0.741. The van der Waals surface area contributed by atoms with E-state index in [4.69, 9.17) is 4.74 Å². The third-order valence-electron chi connectivity index (χ3n) is 3.33. The van der Waals surface area contributed by atoms with Crippen LogP contribution in [0.2, 0.25) is 0 Å². The van der Waals surface area contributed by atoms with Crippen molar-refractivity contribution in [2.24, 2.45) is 0 Å². The summed E-state index contributed by atoms with van der Waals surface area (Å²) in [5, 5.41) is 0. The van der Waals surface area contributed by atoms with Crippen molar-refractivity contribution in [1.29, 1.82) is 0 Å². The van der Waals surface area contributed by atoms with Gasteiger partial charge in [-0.05, 0) is 56.3 Å². The van der Waals surface area contributed by atoms with Crippen LogP contribution < -0.4 is 4.31 Å². The maximum absolute atomic E-state index is 12.9. The third kappa shape index (κ3) is 3.96. The number of halogens is 1. The molecule has 2 aromatic rings. The zero-order valence-electron chi connectivity index (χ0n) is 13.4. The Morgan fingerprint density at radius 1 is 1.12 bits per heavy atom. The summed E-state index contributed by atoms with van der Waals surface area (Å²) in [6.07, 6.45) is 0. The van der Waals surface area contributed by atoms with Crippen LogP contribution in [-0.4, -0.2) is 27.5 Å². The number of benzene rings is 2. The van der Waals surface area contributed by atoms with E-state index in [9.17, 15) is 13.2 Å². The summed E-state index contributed by atoms with van der Waals surface area (Å²) >= 11 is 3.29. The Balaban J connectivity index is 2.42. The summed E-state index contributed by atoms with van der Waals surface area (Å²) in [4.78, 5) is 12.1. The highest BCUT2D eigenvalue weighted by Crippen LogP contribution is 2.25. The number of sulfonamides is 1. The Morgan fingerprint density at radius 2 is 1.79 bits per heavy atom. The molecule has 0 amide bonds. The van der Waals surface area contributed by atoms with Crippen LogP contribution in [0.25, 0.3) is 0 Å². The van der Waals surface area contributed by atoms with Gasteiger partial charge in [-0.25, -0.2) is 13.2 Å². The van der Waals surface area contributed by atoms with Crippen molar-refractivity contribution in [2.45, 2.75) is 18.7 Å². The molecule has 0 atom stereocenters. The van der Waals surface area contributed by atoms with E-state index in [1.807, 2.05) is 0 Å². The maximum atomic E-state index is 12.9. The number of hydrogen-bond donors (Lipinski definition) is 0. The summed E-state index contributed by atoms with van der Waals surface area (Å²) < 4.78 is 32.8. The average molecular weight is 412 g/mol. The topological polar surface area (TPSA) is 63.7 Å². The SMILES string of the molecule is CCOC(=O)c1cccc(N(CC)S(=O)(=O)c2ccc(Br)cc2)c1. The van der Waals surface area contributed by atoms with Gasteiger partial charge in [0.25, 0.3) is 10.0 Å². The van der Waals surface area contributed by atoms with Gasteiger partial charge in [0, 0.05) is 11.0 Å². The van der Waals surface area contributed by atoms with Gasteiger partial charge < -0.3 is 4.74 Å². The van der Waals surface area contributed by atoms with E-state index in [1.165, 1.54) is 22.5 Å². The van der Waals surface area contributed by atoms with Crippen molar-refractivity contribution < 1.29 is 17.9 Å². The lowest BCUT2D eigenvalue weighted by molar-refractivity contribution is 0.0526. The molecule has 5 nitrogen and oxygen atoms in total. The molecule has 0 spiro atoms. The molecule has 7 heteroatoms. The highest BCUT2D eigenvalue weighted by Gasteiger charge is 2.24. The van der Waals surface area contributed by atoms with E-state index in [2.05, 4.69) is 15.9 Å². The molecule has 0 saturated heterocycles. The number of esters is 1. The van der Waals surface area contributed by atoms with Crippen LogP contribution in [0.15, 0.2) is 57.9 Å². The van der Waals surface area contributed by atoms with E-state index in [0.717, 1.165) is 4.47 Å². The molecule has 2 rings (SSSR count). The first-order valence-corrected chi connectivity index (χ1v) is 9.69. The molecule has 2 aromatic carbocycles. The number of carbonyl (C=O) groups is 1. The Labute approximate surface area is 150 Å². The van der Waals surface area contributed by atoms with E-state index in [0.29, 0.717) is 11.3 Å². The van der Waals surface area contributed by atoms with Crippen LogP contribution in [0, 0.1) is 0 Å².